The monoisotopic (exact) mass is 373 g/mol. The van der Waals surface area contributed by atoms with Crippen LogP contribution >= 0.6 is 22.9 Å². The van der Waals surface area contributed by atoms with Crippen molar-refractivity contribution in [2.75, 3.05) is 18.1 Å². The number of fused-ring (bicyclic) bond motifs is 1. The van der Waals surface area contributed by atoms with Crippen molar-refractivity contribution in [1.82, 2.24) is 9.97 Å². The third-order valence-electron chi connectivity index (χ3n) is 4.14. The van der Waals surface area contributed by atoms with Crippen molar-refractivity contribution in [2.45, 2.75) is 18.9 Å². The topological polar surface area (TPSA) is 55.3 Å². The normalized spacial score (nSPS) is 17.1. The number of benzene rings is 1. The van der Waals surface area contributed by atoms with E-state index in [1.165, 1.54) is 17.5 Å². The predicted octanol–water partition coefficient (Wildman–Crippen LogP) is 4.17. The van der Waals surface area contributed by atoms with Crippen LogP contribution in [0.25, 0.3) is 10.2 Å². The van der Waals surface area contributed by atoms with Gasteiger partial charge in [-0.15, -0.1) is 0 Å². The number of anilines is 1. The van der Waals surface area contributed by atoms with Crippen molar-refractivity contribution in [3.63, 3.8) is 0 Å². The Hall–Kier alpha value is -2.02. The van der Waals surface area contributed by atoms with Crippen LogP contribution in [0.3, 0.4) is 0 Å². The van der Waals surface area contributed by atoms with Crippen molar-refractivity contribution in [3.05, 3.63) is 53.3 Å². The fraction of sp³-hybridized carbons (Fsp3) is 0.278. The summed E-state index contributed by atoms with van der Waals surface area (Å²) in [6, 6.07) is 11.2. The second-order valence-corrected chi connectivity index (χ2v) is 7.28. The average molecular weight is 374 g/mol. The summed E-state index contributed by atoms with van der Waals surface area (Å²) in [7, 11) is 0. The fourth-order valence-corrected chi connectivity index (χ4v) is 3.96. The summed E-state index contributed by atoms with van der Waals surface area (Å²) in [6.45, 7) is 1.23. The maximum atomic E-state index is 13.1. The molecule has 7 heteroatoms. The first-order valence-electron chi connectivity index (χ1n) is 8.11. The molecule has 5 nitrogen and oxygen atoms in total. The Kier molecular flexibility index (Phi) is 4.65. The van der Waals surface area contributed by atoms with Gasteiger partial charge in [-0.2, -0.15) is 0 Å². The number of halogens is 1. The molecule has 0 saturated carbocycles. The molecule has 0 N–H and O–H groups in total. The molecule has 1 aliphatic rings. The molecule has 1 unspecified atom stereocenters. The number of carbonyl (C=O) groups excluding carboxylic acids is 1. The van der Waals surface area contributed by atoms with Crippen molar-refractivity contribution < 1.29 is 9.53 Å². The quantitative estimate of drug-likeness (QED) is 0.644. The second kappa shape index (κ2) is 7.07. The van der Waals surface area contributed by atoms with E-state index in [1.54, 1.807) is 17.0 Å². The van der Waals surface area contributed by atoms with E-state index in [9.17, 15) is 4.79 Å². The van der Waals surface area contributed by atoms with Gasteiger partial charge in [0, 0.05) is 12.8 Å². The standard InChI is InChI=1S/C18H16ClN3O2S/c19-16-8-7-12(10-20-16)17(23)22(11-13-4-3-9-24-13)18-21-14-5-1-2-6-15(14)25-18/h1-2,5-8,10,13H,3-4,9,11H2. The maximum Gasteiger partial charge on any atom is 0.261 e. The van der Waals surface area contributed by atoms with Crippen LogP contribution in [0.2, 0.25) is 5.15 Å². The van der Waals surface area contributed by atoms with Gasteiger partial charge < -0.3 is 4.74 Å². The number of thiazole rings is 1. The lowest BCUT2D eigenvalue weighted by atomic mass is 10.2. The number of rotatable bonds is 4. The molecule has 1 saturated heterocycles. The summed E-state index contributed by atoms with van der Waals surface area (Å²) in [6.07, 6.45) is 3.51. The Morgan fingerprint density at radius 2 is 2.20 bits per heavy atom. The number of amides is 1. The van der Waals surface area contributed by atoms with Gasteiger partial charge in [0.05, 0.1) is 28.4 Å². The van der Waals surface area contributed by atoms with Crippen LogP contribution in [-0.4, -0.2) is 35.1 Å². The molecule has 4 rings (SSSR count). The van der Waals surface area contributed by atoms with Gasteiger partial charge in [-0.05, 0) is 37.1 Å². The van der Waals surface area contributed by atoms with E-state index in [-0.39, 0.29) is 12.0 Å². The van der Waals surface area contributed by atoms with E-state index in [1.807, 2.05) is 24.3 Å². The molecular weight excluding hydrogens is 358 g/mol. The Bertz CT molecular complexity index is 858. The highest BCUT2D eigenvalue weighted by atomic mass is 35.5. The second-order valence-electron chi connectivity index (χ2n) is 5.88. The summed E-state index contributed by atoms with van der Waals surface area (Å²) in [5, 5.41) is 1.04. The van der Waals surface area contributed by atoms with Crippen molar-refractivity contribution in [2.24, 2.45) is 0 Å². The van der Waals surface area contributed by atoms with Crippen molar-refractivity contribution in [3.8, 4) is 0 Å². The molecule has 0 radical (unpaired) electrons. The number of carbonyl (C=O) groups is 1. The summed E-state index contributed by atoms with van der Waals surface area (Å²) >= 11 is 7.34. The molecule has 3 heterocycles. The summed E-state index contributed by atoms with van der Waals surface area (Å²) in [4.78, 5) is 23.4. The van der Waals surface area contributed by atoms with E-state index in [0.29, 0.717) is 22.4 Å². The number of hydrogen-bond acceptors (Lipinski definition) is 5. The fourth-order valence-electron chi connectivity index (χ4n) is 2.87. The Balaban J connectivity index is 1.69. The molecular formula is C18H16ClN3O2S. The highest BCUT2D eigenvalue weighted by molar-refractivity contribution is 7.22. The number of pyridine rings is 1. The van der Waals surface area contributed by atoms with E-state index in [4.69, 9.17) is 16.3 Å². The average Bonchev–Trinajstić information content (AvgIpc) is 3.29. The largest absolute Gasteiger partial charge is 0.376 e. The minimum absolute atomic E-state index is 0.0382. The lowest BCUT2D eigenvalue weighted by Gasteiger charge is -2.23. The lowest BCUT2D eigenvalue weighted by Crippen LogP contribution is -2.37. The number of para-hydroxylation sites is 1. The van der Waals surface area contributed by atoms with E-state index >= 15 is 0 Å². The molecule has 25 heavy (non-hydrogen) atoms. The SMILES string of the molecule is O=C(c1ccc(Cl)nc1)N(CC1CCCO1)c1nc2ccccc2s1. The first kappa shape index (κ1) is 16.4. The van der Waals surface area contributed by atoms with E-state index in [0.717, 1.165) is 29.7 Å². The molecule has 2 aromatic heterocycles. The third-order valence-corrected chi connectivity index (χ3v) is 5.43. The Labute approximate surface area is 154 Å². The van der Waals surface area contributed by atoms with Crippen LogP contribution in [0.4, 0.5) is 5.13 Å². The molecule has 1 aliphatic heterocycles. The summed E-state index contributed by atoms with van der Waals surface area (Å²) in [5.74, 6) is -0.140. The minimum Gasteiger partial charge on any atom is -0.376 e. The lowest BCUT2D eigenvalue weighted by molar-refractivity contribution is 0.0917. The molecule has 1 amide bonds. The molecule has 0 spiro atoms. The summed E-state index contributed by atoms with van der Waals surface area (Å²) < 4.78 is 6.78. The van der Waals surface area contributed by atoms with Gasteiger partial charge in [0.25, 0.3) is 5.91 Å². The molecule has 0 bridgehead atoms. The molecule has 1 atom stereocenters. The molecule has 128 valence electrons. The minimum atomic E-state index is -0.140. The Morgan fingerprint density at radius 1 is 1.32 bits per heavy atom. The van der Waals surface area contributed by atoms with Crippen LogP contribution in [-0.2, 0) is 4.74 Å². The number of hydrogen-bond donors (Lipinski definition) is 0. The van der Waals surface area contributed by atoms with Crippen LogP contribution in [0.1, 0.15) is 23.2 Å². The van der Waals surface area contributed by atoms with Gasteiger partial charge in [-0.25, -0.2) is 9.97 Å². The number of ether oxygens (including phenoxy) is 1. The van der Waals surface area contributed by atoms with Gasteiger partial charge in [0.1, 0.15) is 5.15 Å². The number of nitrogens with zero attached hydrogens (tertiary/aromatic N) is 3. The van der Waals surface area contributed by atoms with Crippen LogP contribution < -0.4 is 4.90 Å². The molecule has 3 aromatic rings. The van der Waals surface area contributed by atoms with Gasteiger partial charge in [0.2, 0.25) is 0 Å². The van der Waals surface area contributed by atoms with E-state index < -0.39 is 0 Å². The van der Waals surface area contributed by atoms with Gasteiger partial charge in [0.15, 0.2) is 5.13 Å². The summed E-state index contributed by atoms with van der Waals surface area (Å²) in [5.41, 5.74) is 1.38. The molecule has 0 aliphatic carbocycles. The highest BCUT2D eigenvalue weighted by Gasteiger charge is 2.27. The molecule has 1 aromatic carbocycles. The Morgan fingerprint density at radius 3 is 2.92 bits per heavy atom. The smallest absolute Gasteiger partial charge is 0.261 e. The third kappa shape index (κ3) is 3.51. The van der Waals surface area contributed by atoms with Crippen molar-refractivity contribution in [1.29, 1.82) is 0 Å². The highest BCUT2D eigenvalue weighted by Crippen LogP contribution is 2.30. The van der Waals surface area contributed by atoms with E-state index in [2.05, 4.69) is 9.97 Å². The number of aromatic nitrogens is 2. The maximum absolute atomic E-state index is 13.1. The first-order chi connectivity index (χ1) is 12.2. The predicted molar refractivity (Wildman–Crippen MR) is 99.5 cm³/mol. The van der Waals surface area contributed by atoms with Crippen molar-refractivity contribution >= 4 is 44.2 Å². The first-order valence-corrected chi connectivity index (χ1v) is 9.31. The molecule has 1 fully saturated rings. The van der Waals surface area contributed by atoms with Crippen LogP contribution in [0.5, 0.6) is 0 Å². The zero-order chi connectivity index (χ0) is 17.2. The zero-order valence-electron chi connectivity index (χ0n) is 13.4. The van der Waals surface area contributed by atoms with Gasteiger partial charge >= 0.3 is 0 Å². The van der Waals surface area contributed by atoms with Gasteiger partial charge in [-0.3, -0.25) is 9.69 Å². The zero-order valence-corrected chi connectivity index (χ0v) is 15.0. The van der Waals surface area contributed by atoms with Gasteiger partial charge in [-0.1, -0.05) is 35.1 Å². The van der Waals surface area contributed by atoms with Crippen LogP contribution in [0, 0.1) is 0 Å². The van der Waals surface area contributed by atoms with Crippen LogP contribution in [0.15, 0.2) is 42.6 Å².